The number of hydrogen-bond donors (Lipinski definition) is 7. The number of fused-ring (bicyclic) bond motifs is 2. The highest BCUT2D eigenvalue weighted by atomic mass is 16.5. The van der Waals surface area contributed by atoms with Gasteiger partial charge in [0.2, 0.25) is 0 Å². The van der Waals surface area contributed by atoms with Gasteiger partial charge in [0.05, 0.1) is 11.8 Å². The molecule has 0 radical (unpaired) electrons. The zero-order valence-electron chi connectivity index (χ0n) is 26.9. The van der Waals surface area contributed by atoms with Gasteiger partial charge in [-0.3, -0.25) is 0 Å². The van der Waals surface area contributed by atoms with Crippen molar-refractivity contribution in [2.24, 2.45) is 0 Å². The molecule has 9 heteroatoms. The van der Waals surface area contributed by atoms with Crippen LogP contribution in [0, 0.1) is 0 Å². The maximum atomic E-state index is 10.7. The number of hydrogen-bond acceptors (Lipinski definition) is 9. The molecule has 9 nitrogen and oxygen atoms in total. The number of rotatable bonds is 6. The van der Waals surface area contributed by atoms with Crippen molar-refractivity contribution in [3.05, 3.63) is 160 Å². The molecule has 0 amide bonds. The van der Waals surface area contributed by atoms with Gasteiger partial charge in [0, 0.05) is 29.3 Å². The molecule has 0 unspecified atom stereocenters. The smallest absolute Gasteiger partial charge is 0.135 e. The molecule has 0 saturated heterocycles. The second kappa shape index (κ2) is 12.3. The quantitative estimate of drug-likeness (QED) is 0.0858. The molecule has 2 aliphatic heterocycles. The highest BCUT2D eigenvalue weighted by molar-refractivity contribution is 5.80. The second-order valence-corrected chi connectivity index (χ2v) is 12.8. The highest BCUT2D eigenvalue weighted by Crippen LogP contribution is 2.60. The summed E-state index contributed by atoms with van der Waals surface area (Å²) in [6.07, 6.45) is 2.52. The topological polar surface area (TPSA) is 160 Å². The Bertz CT molecular complexity index is 2120. The van der Waals surface area contributed by atoms with Crippen molar-refractivity contribution >= 4 is 12.2 Å². The Morgan fingerprint density at radius 3 is 1.14 bits per heavy atom. The molecule has 0 fully saturated rings. The number of phenols is 7. The lowest BCUT2D eigenvalue weighted by Crippen LogP contribution is -2.14. The summed E-state index contributed by atoms with van der Waals surface area (Å²) < 4.78 is 13.5. The Labute approximate surface area is 292 Å². The van der Waals surface area contributed by atoms with Crippen molar-refractivity contribution < 1.29 is 45.2 Å². The van der Waals surface area contributed by atoms with Gasteiger partial charge in [0.25, 0.3) is 0 Å². The Kier molecular flexibility index (Phi) is 7.60. The summed E-state index contributed by atoms with van der Waals surface area (Å²) in [5.74, 6) is -0.409. The Hall–Kier alpha value is -6.74. The van der Waals surface area contributed by atoms with Crippen molar-refractivity contribution in [2.75, 3.05) is 0 Å². The monoisotopic (exact) mass is 680 g/mol. The molecule has 2 heterocycles. The first-order valence-electron chi connectivity index (χ1n) is 16.3. The molecule has 0 saturated carbocycles. The van der Waals surface area contributed by atoms with Crippen molar-refractivity contribution in [2.45, 2.75) is 24.0 Å². The third-order valence-corrected chi connectivity index (χ3v) is 9.46. The van der Waals surface area contributed by atoms with E-state index in [1.54, 1.807) is 97.1 Å². The van der Waals surface area contributed by atoms with E-state index >= 15 is 0 Å². The molecule has 0 bridgehead atoms. The van der Waals surface area contributed by atoms with Crippen molar-refractivity contribution in [3.8, 4) is 51.7 Å². The number of aromatic hydroxyl groups is 7. The fourth-order valence-electron chi connectivity index (χ4n) is 7.31. The summed E-state index contributed by atoms with van der Waals surface area (Å²) in [5.41, 5.74) is 5.59. The Morgan fingerprint density at radius 2 is 0.745 bits per heavy atom. The standard InChI is InChI=1S/C42H32O9/c43-27-8-1-22(2-9-27)3-14-34-39-35(50-41(23-4-10-28(44)11-5-23)37(39)25-15-30(46)19-31(47)16-25)21-36-40(34)38(26-17-32(48)20-33(49)18-26)42(51-36)24-6-12-29(45)13-7-24/h1-21,37-38,41-49H/b14-3+/t37-,38+,41+,42-. The van der Waals surface area contributed by atoms with E-state index in [4.69, 9.17) is 9.47 Å². The minimum absolute atomic E-state index is 0.0863. The van der Waals surface area contributed by atoms with Gasteiger partial charge in [-0.2, -0.15) is 0 Å². The van der Waals surface area contributed by atoms with Gasteiger partial charge >= 0.3 is 0 Å². The molecular weight excluding hydrogens is 648 g/mol. The summed E-state index contributed by atoms with van der Waals surface area (Å²) in [5, 5.41) is 72.8. The molecule has 2 aliphatic rings. The van der Waals surface area contributed by atoms with Crippen LogP contribution in [0.2, 0.25) is 0 Å². The van der Waals surface area contributed by atoms with Gasteiger partial charge in [-0.05, 0) is 94.0 Å². The molecule has 0 aliphatic carbocycles. The zero-order valence-corrected chi connectivity index (χ0v) is 26.9. The Morgan fingerprint density at radius 1 is 0.373 bits per heavy atom. The van der Waals surface area contributed by atoms with E-state index in [0.29, 0.717) is 28.2 Å². The first-order chi connectivity index (χ1) is 24.6. The SMILES string of the molecule is Oc1ccc(/C=C/c2c3c(cc4c2[C@@H](c2cc(O)cc(O)c2)[C@H](c2ccc(O)cc2)O4)O[C@H](c2ccc(O)cc2)[C@H]3c2cc(O)cc(O)c2)cc1. The van der Waals surface area contributed by atoms with Gasteiger partial charge in [-0.15, -0.1) is 0 Å². The molecule has 4 atom stereocenters. The maximum Gasteiger partial charge on any atom is 0.135 e. The van der Waals surface area contributed by atoms with Crippen LogP contribution in [0.3, 0.4) is 0 Å². The van der Waals surface area contributed by atoms with E-state index in [1.807, 2.05) is 18.2 Å². The normalized spacial score (nSPS) is 19.0. The molecule has 6 aromatic carbocycles. The third-order valence-electron chi connectivity index (χ3n) is 9.46. The van der Waals surface area contributed by atoms with Crippen LogP contribution in [0.15, 0.2) is 115 Å². The fourth-order valence-corrected chi connectivity index (χ4v) is 7.31. The minimum atomic E-state index is -0.652. The lowest BCUT2D eigenvalue weighted by atomic mass is 9.77. The number of phenolic OH excluding ortho intramolecular Hbond substituents is 7. The number of benzene rings is 6. The van der Waals surface area contributed by atoms with Crippen LogP contribution in [0.1, 0.15) is 68.6 Å². The van der Waals surface area contributed by atoms with Gasteiger partial charge in [0.1, 0.15) is 64.0 Å². The van der Waals surface area contributed by atoms with Crippen LogP contribution in [-0.4, -0.2) is 35.7 Å². The first kappa shape index (κ1) is 31.5. The van der Waals surface area contributed by atoms with Gasteiger partial charge in [-0.1, -0.05) is 48.6 Å². The molecule has 0 aromatic heterocycles. The highest BCUT2D eigenvalue weighted by Gasteiger charge is 2.45. The molecule has 254 valence electrons. The zero-order chi connectivity index (χ0) is 35.4. The lowest BCUT2D eigenvalue weighted by molar-refractivity contribution is 0.212. The third kappa shape index (κ3) is 5.84. The summed E-state index contributed by atoms with van der Waals surface area (Å²) in [4.78, 5) is 0. The molecule has 7 N–H and O–H groups in total. The van der Waals surface area contributed by atoms with Gasteiger partial charge in [0.15, 0.2) is 0 Å². The Balaban J connectivity index is 1.42. The fraction of sp³-hybridized carbons (Fsp3) is 0.0952. The van der Waals surface area contributed by atoms with Crippen molar-refractivity contribution in [1.29, 1.82) is 0 Å². The predicted molar refractivity (Wildman–Crippen MR) is 190 cm³/mol. The van der Waals surface area contributed by atoms with Crippen LogP contribution < -0.4 is 9.47 Å². The average molecular weight is 681 g/mol. The van der Waals surface area contributed by atoms with Crippen LogP contribution in [0.25, 0.3) is 12.2 Å². The van der Waals surface area contributed by atoms with Crippen molar-refractivity contribution in [3.63, 3.8) is 0 Å². The minimum Gasteiger partial charge on any atom is -0.508 e. The van der Waals surface area contributed by atoms with E-state index in [9.17, 15) is 35.7 Å². The predicted octanol–water partition coefficient (Wildman–Crippen LogP) is 8.33. The lowest BCUT2D eigenvalue weighted by Gasteiger charge is -2.24. The average Bonchev–Trinajstić information content (AvgIpc) is 3.66. The first-order valence-corrected chi connectivity index (χ1v) is 16.3. The van der Waals surface area contributed by atoms with E-state index in [2.05, 4.69) is 0 Å². The molecule has 6 aromatic rings. The molecule has 51 heavy (non-hydrogen) atoms. The summed E-state index contributed by atoms with van der Waals surface area (Å²) in [6, 6.07) is 30.7. The van der Waals surface area contributed by atoms with Crippen LogP contribution in [0.5, 0.6) is 51.7 Å². The number of ether oxygens (including phenoxy) is 2. The molecule has 8 rings (SSSR count). The molecule has 0 spiro atoms. The van der Waals surface area contributed by atoms with E-state index in [1.165, 1.54) is 12.1 Å². The maximum absolute atomic E-state index is 10.7. The van der Waals surface area contributed by atoms with Gasteiger partial charge in [-0.25, -0.2) is 0 Å². The van der Waals surface area contributed by atoms with Crippen LogP contribution in [-0.2, 0) is 0 Å². The van der Waals surface area contributed by atoms with Gasteiger partial charge < -0.3 is 45.2 Å². The molecular formula is C42H32O9. The van der Waals surface area contributed by atoms with E-state index < -0.39 is 24.0 Å². The van der Waals surface area contributed by atoms with E-state index in [-0.39, 0.29) is 40.2 Å². The largest absolute Gasteiger partial charge is 0.508 e. The summed E-state index contributed by atoms with van der Waals surface area (Å²) in [6.45, 7) is 0. The van der Waals surface area contributed by atoms with Crippen LogP contribution in [0.4, 0.5) is 0 Å². The summed E-state index contributed by atoms with van der Waals surface area (Å²) in [7, 11) is 0. The van der Waals surface area contributed by atoms with Crippen molar-refractivity contribution in [1.82, 2.24) is 0 Å². The second-order valence-electron chi connectivity index (χ2n) is 12.8. The van der Waals surface area contributed by atoms with Crippen LogP contribution >= 0.6 is 0 Å². The summed E-state index contributed by atoms with van der Waals surface area (Å²) >= 11 is 0. The van der Waals surface area contributed by atoms with E-state index in [0.717, 1.165) is 27.8 Å².